The second kappa shape index (κ2) is 9.00. The summed E-state index contributed by atoms with van der Waals surface area (Å²) in [5.74, 6) is 0.814. The minimum absolute atomic E-state index is 0.188. The maximum absolute atomic E-state index is 12.2. The average Bonchev–Trinajstić information content (AvgIpc) is 3.18. The Morgan fingerprint density at radius 3 is 2.37 bits per heavy atom. The lowest BCUT2D eigenvalue weighted by Crippen LogP contribution is -2.19. The Hall–Kier alpha value is -3.33. The first kappa shape index (κ1) is 21.4. The lowest BCUT2D eigenvalue weighted by molar-refractivity contribution is 0.0958. The van der Waals surface area contributed by atoms with Crippen molar-refractivity contribution in [1.82, 2.24) is 15.5 Å². The van der Waals surface area contributed by atoms with E-state index in [0.29, 0.717) is 23.0 Å². The van der Waals surface area contributed by atoms with Crippen molar-refractivity contribution < 1.29 is 14.1 Å². The molecule has 2 heterocycles. The Morgan fingerprint density at radius 1 is 1.00 bits per heavy atom. The summed E-state index contributed by atoms with van der Waals surface area (Å²) in [4.78, 5) is 29.8. The standard InChI is InChI=1S/C21H23N5O3S/c1-21(2,3)17-12-18(26-29-17)25-20(28)24-13-5-7-14(8-6-13)30-15-9-10-23-16(11-15)19(27)22-4/h5-12H,1-4H3,(H,22,27)(H2,24,25,26,28). The van der Waals surface area contributed by atoms with Crippen molar-refractivity contribution in [3.63, 3.8) is 0 Å². The summed E-state index contributed by atoms with van der Waals surface area (Å²) in [6.45, 7) is 6.01. The van der Waals surface area contributed by atoms with Gasteiger partial charge in [0.25, 0.3) is 5.91 Å². The molecule has 2 aromatic heterocycles. The number of carbonyl (C=O) groups excluding carboxylic acids is 2. The maximum Gasteiger partial charge on any atom is 0.324 e. The number of nitrogens with one attached hydrogen (secondary N) is 3. The van der Waals surface area contributed by atoms with Crippen molar-refractivity contribution in [2.24, 2.45) is 0 Å². The van der Waals surface area contributed by atoms with Crippen LogP contribution in [0, 0.1) is 0 Å². The molecule has 3 N–H and O–H groups in total. The van der Waals surface area contributed by atoms with Gasteiger partial charge in [-0.3, -0.25) is 15.1 Å². The van der Waals surface area contributed by atoms with E-state index >= 15 is 0 Å². The first-order valence-corrected chi connectivity index (χ1v) is 10.1. The predicted octanol–water partition coefficient (Wildman–Crippen LogP) is 4.52. The smallest absolute Gasteiger partial charge is 0.324 e. The number of anilines is 2. The molecule has 8 nitrogen and oxygen atoms in total. The van der Waals surface area contributed by atoms with Crippen molar-refractivity contribution >= 4 is 35.2 Å². The third-order valence-corrected chi connectivity index (χ3v) is 5.03. The van der Waals surface area contributed by atoms with Gasteiger partial charge in [0.1, 0.15) is 11.5 Å². The van der Waals surface area contributed by atoms with Crippen LogP contribution in [0.4, 0.5) is 16.3 Å². The molecule has 0 saturated carbocycles. The van der Waals surface area contributed by atoms with Gasteiger partial charge in [-0.15, -0.1) is 0 Å². The molecule has 0 saturated heterocycles. The molecule has 0 atom stereocenters. The minimum atomic E-state index is -0.409. The van der Waals surface area contributed by atoms with Crippen LogP contribution in [-0.4, -0.2) is 29.1 Å². The van der Waals surface area contributed by atoms with E-state index in [4.69, 9.17) is 4.52 Å². The van der Waals surface area contributed by atoms with Crippen LogP contribution in [0.25, 0.3) is 0 Å². The second-order valence-electron chi connectivity index (χ2n) is 7.49. The molecule has 30 heavy (non-hydrogen) atoms. The van der Waals surface area contributed by atoms with Crippen molar-refractivity contribution in [1.29, 1.82) is 0 Å². The Balaban J connectivity index is 1.58. The van der Waals surface area contributed by atoms with Crippen molar-refractivity contribution in [3.8, 4) is 0 Å². The number of pyridine rings is 1. The van der Waals surface area contributed by atoms with Crippen molar-refractivity contribution in [2.75, 3.05) is 17.7 Å². The number of benzene rings is 1. The zero-order valence-electron chi connectivity index (χ0n) is 17.1. The lowest BCUT2D eigenvalue weighted by Gasteiger charge is -2.12. The van der Waals surface area contributed by atoms with Gasteiger partial charge in [-0.05, 0) is 36.4 Å². The van der Waals surface area contributed by atoms with E-state index in [-0.39, 0.29) is 11.3 Å². The van der Waals surface area contributed by atoms with E-state index in [9.17, 15) is 9.59 Å². The summed E-state index contributed by atoms with van der Waals surface area (Å²) in [5, 5.41) is 11.8. The largest absolute Gasteiger partial charge is 0.359 e. The third kappa shape index (κ3) is 5.60. The SMILES string of the molecule is CNC(=O)c1cc(Sc2ccc(NC(=O)Nc3cc(C(C)(C)C)on3)cc2)ccn1. The van der Waals surface area contributed by atoms with Gasteiger partial charge in [-0.2, -0.15) is 0 Å². The van der Waals surface area contributed by atoms with Gasteiger partial charge in [0, 0.05) is 40.2 Å². The van der Waals surface area contributed by atoms with E-state index in [1.807, 2.05) is 39.0 Å². The number of aromatic nitrogens is 2. The second-order valence-corrected chi connectivity index (χ2v) is 8.63. The minimum Gasteiger partial charge on any atom is -0.359 e. The van der Waals surface area contributed by atoms with E-state index in [1.54, 1.807) is 37.5 Å². The highest BCUT2D eigenvalue weighted by molar-refractivity contribution is 7.99. The summed E-state index contributed by atoms with van der Waals surface area (Å²) in [6, 6.07) is 12.2. The summed E-state index contributed by atoms with van der Waals surface area (Å²) in [7, 11) is 1.57. The number of hydrogen-bond donors (Lipinski definition) is 3. The maximum atomic E-state index is 12.2. The van der Waals surface area contributed by atoms with Gasteiger partial charge in [-0.25, -0.2) is 4.79 Å². The Labute approximate surface area is 178 Å². The van der Waals surface area contributed by atoms with Crippen LogP contribution in [0.2, 0.25) is 0 Å². The van der Waals surface area contributed by atoms with Crippen LogP contribution in [0.5, 0.6) is 0 Å². The molecule has 1 aromatic carbocycles. The molecule has 0 spiro atoms. The lowest BCUT2D eigenvalue weighted by atomic mass is 9.93. The zero-order chi connectivity index (χ0) is 21.7. The molecule has 0 aliphatic carbocycles. The predicted molar refractivity (Wildman–Crippen MR) is 116 cm³/mol. The fourth-order valence-corrected chi connectivity index (χ4v) is 3.28. The number of nitrogens with zero attached hydrogens (tertiary/aromatic N) is 2. The average molecular weight is 426 g/mol. The monoisotopic (exact) mass is 425 g/mol. The van der Waals surface area contributed by atoms with Crippen molar-refractivity contribution in [3.05, 3.63) is 60.1 Å². The highest BCUT2D eigenvalue weighted by Crippen LogP contribution is 2.29. The molecule has 3 rings (SSSR count). The zero-order valence-corrected chi connectivity index (χ0v) is 18.0. The van der Waals surface area contributed by atoms with E-state index < -0.39 is 6.03 Å². The van der Waals surface area contributed by atoms with Crippen LogP contribution in [-0.2, 0) is 5.41 Å². The molecule has 0 unspecified atom stereocenters. The normalized spacial score (nSPS) is 11.1. The number of hydrogen-bond acceptors (Lipinski definition) is 6. The molecule has 0 bridgehead atoms. The van der Waals surface area contributed by atoms with Crippen LogP contribution in [0.3, 0.4) is 0 Å². The molecule has 0 radical (unpaired) electrons. The van der Waals surface area contributed by atoms with E-state index in [2.05, 4.69) is 26.1 Å². The summed E-state index contributed by atoms with van der Waals surface area (Å²) < 4.78 is 5.26. The van der Waals surface area contributed by atoms with Gasteiger partial charge >= 0.3 is 6.03 Å². The molecule has 0 aliphatic heterocycles. The van der Waals surface area contributed by atoms with Crippen molar-refractivity contribution in [2.45, 2.75) is 36.0 Å². The fraction of sp³-hybridized carbons (Fsp3) is 0.238. The molecular weight excluding hydrogens is 402 g/mol. The van der Waals surface area contributed by atoms with Gasteiger partial charge in [0.2, 0.25) is 0 Å². The van der Waals surface area contributed by atoms with Gasteiger partial charge in [0.05, 0.1) is 0 Å². The first-order chi connectivity index (χ1) is 14.2. The van der Waals surface area contributed by atoms with Crippen LogP contribution in [0.1, 0.15) is 37.0 Å². The highest BCUT2D eigenvalue weighted by atomic mass is 32.2. The van der Waals surface area contributed by atoms with Gasteiger partial charge < -0.3 is 15.2 Å². The summed E-state index contributed by atoms with van der Waals surface area (Å²) in [6.07, 6.45) is 1.60. The Bertz CT molecular complexity index is 1040. The quantitative estimate of drug-likeness (QED) is 0.554. The third-order valence-electron chi connectivity index (χ3n) is 4.03. The molecule has 3 aromatic rings. The number of amides is 3. The summed E-state index contributed by atoms with van der Waals surface area (Å²) in [5.41, 5.74) is 0.810. The highest BCUT2D eigenvalue weighted by Gasteiger charge is 2.20. The number of carbonyl (C=O) groups is 2. The van der Waals surface area contributed by atoms with Crippen LogP contribution >= 0.6 is 11.8 Å². The Morgan fingerprint density at radius 2 is 1.73 bits per heavy atom. The van der Waals surface area contributed by atoms with Gasteiger partial charge in [0.15, 0.2) is 5.82 Å². The van der Waals surface area contributed by atoms with Gasteiger partial charge in [-0.1, -0.05) is 37.7 Å². The molecule has 156 valence electrons. The summed E-state index contributed by atoms with van der Waals surface area (Å²) >= 11 is 1.49. The van der Waals surface area contributed by atoms with E-state index in [0.717, 1.165) is 9.79 Å². The molecule has 0 fully saturated rings. The Kier molecular flexibility index (Phi) is 6.41. The van der Waals surface area contributed by atoms with E-state index in [1.165, 1.54) is 11.8 Å². The molecule has 9 heteroatoms. The number of urea groups is 1. The first-order valence-electron chi connectivity index (χ1n) is 9.26. The molecule has 3 amide bonds. The molecule has 0 aliphatic rings. The van der Waals surface area contributed by atoms with Crippen LogP contribution < -0.4 is 16.0 Å². The van der Waals surface area contributed by atoms with Crippen LogP contribution in [0.15, 0.2) is 63.0 Å². The number of rotatable bonds is 5. The fourth-order valence-electron chi connectivity index (χ4n) is 2.44. The molecular formula is C21H23N5O3S. The topological polar surface area (TPSA) is 109 Å².